The maximum absolute atomic E-state index is 11.8. The predicted octanol–water partition coefficient (Wildman–Crippen LogP) is 2.63. The van der Waals surface area contributed by atoms with Crippen LogP contribution in [0.4, 0.5) is 10.5 Å². The summed E-state index contributed by atoms with van der Waals surface area (Å²) in [6, 6.07) is 8.02. The molecule has 0 heterocycles. The number of hydrogen-bond donors (Lipinski definition) is 3. The van der Waals surface area contributed by atoms with Crippen molar-refractivity contribution in [2.75, 3.05) is 11.9 Å². The van der Waals surface area contributed by atoms with Crippen LogP contribution in [0.25, 0.3) is 0 Å². The maximum Gasteiger partial charge on any atom is 0.319 e. The monoisotopic (exact) mass is 261 g/mol. The van der Waals surface area contributed by atoms with E-state index in [0.29, 0.717) is 12.0 Å². The van der Waals surface area contributed by atoms with Crippen LogP contribution >= 0.6 is 0 Å². The van der Waals surface area contributed by atoms with Gasteiger partial charge in [-0.05, 0) is 50.7 Å². The van der Waals surface area contributed by atoms with Crippen molar-refractivity contribution in [3.63, 3.8) is 0 Å². The normalized spacial score (nSPS) is 22.8. The number of nitrogens with two attached hydrogens (primary N) is 1. The molecule has 0 unspecified atom stereocenters. The highest BCUT2D eigenvalue weighted by Gasteiger charge is 2.18. The van der Waals surface area contributed by atoms with E-state index < -0.39 is 0 Å². The van der Waals surface area contributed by atoms with Gasteiger partial charge in [-0.1, -0.05) is 17.7 Å². The molecule has 0 atom stereocenters. The van der Waals surface area contributed by atoms with Crippen LogP contribution in [0.5, 0.6) is 0 Å². The zero-order valence-corrected chi connectivity index (χ0v) is 11.5. The standard InChI is InChI=1S/C15H23N3O/c1-11-2-8-14(9-3-11)18-15(19)17-10-12-4-6-13(16)7-5-12/h2-3,8-9,12-13H,4-7,10,16H2,1H3,(H2,17,18,19). The summed E-state index contributed by atoms with van der Waals surface area (Å²) in [5, 5.41) is 5.78. The minimum atomic E-state index is -0.126. The topological polar surface area (TPSA) is 67.2 Å². The Morgan fingerprint density at radius 2 is 1.84 bits per heavy atom. The molecule has 0 spiro atoms. The van der Waals surface area contributed by atoms with Crippen LogP contribution in [0.3, 0.4) is 0 Å². The Hall–Kier alpha value is -1.55. The van der Waals surface area contributed by atoms with Crippen molar-refractivity contribution in [3.8, 4) is 0 Å². The van der Waals surface area contributed by atoms with E-state index in [4.69, 9.17) is 5.73 Å². The van der Waals surface area contributed by atoms with Gasteiger partial charge < -0.3 is 16.4 Å². The quantitative estimate of drug-likeness (QED) is 0.783. The Morgan fingerprint density at radius 3 is 2.47 bits per heavy atom. The molecule has 0 bridgehead atoms. The zero-order valence-electron chi connectivity index (χ0n) is 11.5. The molecule has 4 N–H and O–H groups in total. The van der Waals surface area contributed by atoms with E-state index in [2.05, 4.69) is 10.6 Å². The lowest BCUT2D eigenvalue weighted by Gasteiger charge is -2.26. The summed E-state index contributed by atoms with van der Waals surface area (Å²) in [5.74, 6) is 0.573. The van der Waals surface area contributed by atoms with Crippen LogP contribution in [-0.2, 0) is 0 Å². The van der Waals surface area contributed by atoms with E-state index in [1.165, 1.54) is 5.56 Å². The van der Waals surface area contributed by atoms with E-state index in [0.717, 1.165) is 37.9 Å². The number of carbonyl (C=O) groups is 1. The highest BCUT2D eigenvalue weighted by molar-refractivity contribution is 5.89. The van der Waals surface area contributed by atoms with Gasteiger partial charge in [-0.25, -0.2) is 4.79 Å². The molecule has 1 fully saturated rings. The van der Waals surface area contributed by atoms with Gasteiger partial charge in [-0.15, -0.1) is 0 Å². The molecular weight excluding hydrogens is 238 g/mol. The van der Waals surface area contributed by atoms with Gasteiger partial charge in [0.1, 0.15) is 0 Å². The van der Waals surface area contributed by atoms with Gasteiger partial charge in [0.05, 0.1) is 0 Å². The number of amides is 2. The van der Waals surface area contributed by atoms with Gasteiger partial charge >= 0.3 is 6.03 Å². The summed E-state index contributed by atoms with van der Waals surface area (Å²) in [5.41, 5.74) is 7.88. The van der Waals surface area contributed by atoms with Gasteiger partial charge in [-0.2, -0.15) is 0 Å². The first-order valence-electron chi connectivity index (χ1n) is 7.00. The predicted molar refractivity (Wildman–Crippen MR) is 78.1 cm³/mol. The smallest absolute Gasteiger partial charge is 0.319 e. The maximum atomic E-state index is 11.8. The summed E-state index contributed by atoms with van der Waals surface area (Å²) >= 11 is 0. The molecule has 2 rings (SSSR count). The van der Waals surface area contributed by atoms with E-state index in [-0.39, 0.29) is 6.03 Å². The Kier molecular flexibility index (Phi) is 4.80. The highest BCUT2D eigenvalue weighted by atomic mass is 16.2. The molecule has 4 nitrogen and oxygen atoms in total. The number of urea groups is 1. The number of aryl methyl sites for hydroxylation is 1. The fourth-order valence-corrected chi connectivity index (χ4v) is 2.44. The minimum Gasteiger partial charge on any atom is -0.338 e. The van der Waals surface area contributed by atoms with E-state index in [9.17, 15) is 4.79 Å². The summed E-state index contributed by atoms with van der Waals surface area (Å²) in [6.07, 6.45) is 4.38. The number of nitrogens with one attached hydrogen (secondary N) is 2. The van der Waals surface area contributed by atoms with Crippen LogP contribution < -0.4 is 16.4 Å². The van der Waals surface area contributed by atoms with Gasteiger partial charge in [0, 0.05) is 18.3 Å². The first kappa shape index (κ1) is 13.9. The average molecular weight is 261 g/mol. The van der Waals surface area contributed by atoms with Crippen LogP contribution in [0.15, 0.2) is 24.3 Å². The largest absolute Gasteiger partial charge is 0.338 e. The summed E-state index contributed by atoms with van der Waals surface area (Å²) in [7, 11) is 0. The van der Waals surface area contributed by atoms with Crippen molar-refractivity contribution in [1.82, 2.24) is 5.32 Å². The lowest BCUT2D eigenvalue weighted by molar-refractivity contribution is 0.246. The molecule has 0 aliphatic heterocycles. The van der Waals surface area contributed by atoms with Crippen LogP contribution in [0.1, 0.15) is 31.2 Å². The first-order chi connectivity index (χ1) is 9.13. The summed E-state index contributed by atoms with van der Waals surface area (Å²) in [4.78, 5) is 11.8. The molecule has 0 aromatic heterocycles. The van der Waals surface area contributed by atoms with Gasteiger partial charge in [-0.3, -0.25) is 0 Å². The summed E-state index contributed by atoms with van der Waals surface area (Å²) in [6.45, 7) is 2.77. The van der Waals surface area contributed by atoms with Crippen molar-refractivity contribution in [2.24, 2.45) is 11.7 Å². The van der Waals surface area contributed by atoms with Gasteiger partial charge in [0.15, 0.2) is 0 Å². The fraction of sp³-hybridized carbons (Fsp3) is 0.533. The minimum absolute atomic E-state index is 0.126. The molecule has 104 valence electrons. The summed E-state index contributed by atoms with van der Waals surface area (Å²) < 4.78 is 0. The van der Waals surface area contributed by atoms with Crippen molar-refractivity contribution < 1.29 is 4.79 Å². The highest BCUT2D eigenvalue weighted by Crippen LogP contribution is 2.22. The van der Waals surface area contributed by atoms with Gasteiger partial charge in [0.25, 0.3) is 0 Å². The molecule has 1 aliphatic rings. The number of hydrogen-bond acceptors (Lipinski definition) is 2. The third-order valence-electron chi connectivity index (χ3n) is 3.75. The Balaban J connectivity index is 1.71. The number of carbonyl (C=O) groups excluding carboxylic acids is 1. The molecule has 1 aromatic rings. The van der Waals surface area contributed by atoms with E-state index >= 15 is 0 Å². The van der Waals surface area contributed by atoms with Crippen LogP contribution in [0.2, 0.25) is 0 Å². The third-order valence-corrected chi connectivity index (χ3v) is 3.75. The lowest BCUT2D eigenvalue weighted by atomic mass is 9.86. The molecule has 2 amide bonds. The number of rotatable bonds is 3. The second-order valence-corrected chi connectivity index (χ2v) is 5.48. The number of benzene rings is 1. The molecule has 0 radical (unpaired) electrons. The van der Waals surface area contributed by atoms with Crippen molar-refractivity contribution in [3.05, 3.63) is 29.8 Å². The lowest BCUT2D eigenvalue weighted by Crippen LogP contribution is -2.36. The van der Waals surface area contributed by atoms with Crippen molar-refractivity contribution >= 4 is 11.7 Å². The zero-order chi connectivity index (χ0) is 13.7. The van der Waals surface area contributed by atoms with Crippen LogP contribution in [-0.4, -0.2) is 18.6 Å². The molecular formula is C15H23N3O. The van der Waals surface area contributed by atoms with Crippen molar-refractivity contribution in [2.45, 2.75) is 38.6 Å². The molecule has 4 heteroatoms. The second kappa shape index (κ2) is 6.57. The SMILES string of the molecule is Cc1ccc(NC(=O)NCC2CCC(N)CC2)cc1. The Bertz CT molecular complexity index is 408. The Morgan fingerprint density at radius 1 is 1.21 bits per heavy atom. The average Bonchev–Trinajstić information content (AvgIpc) is 2.41. The van der Waals surface area contributed by atoms with Crippen molar-refractivity contribution in [1.29, 1.82) is 0 Å². The Labute approximate surface area is 114 Å². The molecule has 1 aromatic carbocycles. The third kappa shape index (κ3) is 4.56. The number of anilines is 1. The molecule has 19 heavy (non-hydrogen) atoms. The van der Waals surface area contributed by atoms with E-state index in [1.807, 2.05) is 31.2 Å². The first-order valence-corrected chi connectivity index (χ1v) is 7.00. The molecule has 1 aliphatic carbocycles. The van der Waals surface area contributed by atoms with Crippen LogP contribution in [0, 0.1) is 12.8 Å². The van der Waals surface area contributed by atoms with Gasteiger partial charge in [0.2, 0.25) is 0 Å². The second-order valence-electron chi connectivity index (χ2n) is 5.48. The fourth-order valence-electron chi connectivity index (χ4n) is 2.44. The molecule has 1 saturated carbocycles. The molecule has 0 saturated heterocycles. The van der Waals surface area contributed by atoms with E-state index in [1.54, 1.807) is 0 Å².